The zero-order valence-corrected chi connectivity index (χ0v) is 17.8. The number of amides is 1. The van der Waals surface area contributed by atoms with Crippen molar-refractivity contribution in [2.45, 2.75) is 37.0 Å². The molecule has 2 heterocycles. The molecular formula is C22H24N4O4S. The average molecular weight is 441 g/mol. The van der Waals surface area contributed by atoms with Gasteiger partial charge in [-0.05, 0) is 43.0 Å². The van der Waals surface area contributed by atoms with Crippen molar-refractivity contribution >= 4 is 27.3 Å². The van der Waals surface area contributed by atoms with Crippen molar-refractivity contribution in [2.75, 3.05) is 11.3 Å². The van der Waals surface area contributed by atoms with Crippen molar-refractivity contribution in [3.05, 3.63) is 70.8 Å². The highest BCUT2D eigenvalue weighted by atomic mass is 32.2. The Hall–Kier alpha value is -3.20. The fraction of sp³-hybridized carbons (Fsp3) is 0.318. The van der Waals surface area contributed by atoms with Crippen LogP contribution in [0.15, 0.2) is 64.5 Å². The summed E-state index contributed by atoms with van der Waals surface area (Å²) in [6, 6.07) is 10.9. The van der Waals surface area contributed by atoms with Gasteiger partial charge in [0.15, 0.2) is 0 Å². The first-order valence-electron chi connectivity index (χ1n) is 10.3. The molecule has 31 heavy (non-hydrogen) atoms. The third-order valence-corrected chi connectivity index (χ3v) is 6.92. The Morgan fingerprint density at radius 3 is 2.55 bits per heavy atom. The van der Waals surface area contributed by atoms with Gasteiger partial charge < -0.3 is 5.32 Å². The van der Waals surface area contributed by atoms with Gasteiger partial charge in [-0.15, -0.1) is 0 Å². The summed E-state index contributed by atoms with van der Waals surface area (Å²) in [6.45, 7) is 0.612. The lowest BCUT2D eigenvalue weighted by atomic mass is 9.89. The number of hydrogen-bond acceptors (Lipinski definition) is 5. The predicted molar refractivity (Wildman–Crippen MR) is 118 cm³/mol. The monoisotopic (exact) mass is 440 g/mol. The van der Waals surface area contributed by atoms with Gasteiger partial charge in [-0.25, -0.2) is 13.4 Å². The second-order valence-electron chi connectivity index (χ2n) is 7.76. The molecule has 3 aromatic rings. The van der Waals surface area contributed by atoms with Crippen molar-refractivity contribution in [3.63, 3.8) is 0 Å². The smallest absolute Gasteiger partial charge is 0.282 e. The first kappa shape index (κ1) is 21.0. The first-order chi connectivity index (χ1) is 14.9. The molecule has 0 unspecified atom stereocenters. The highest BCUT2D eigenvalue weighted by Gasteiger charge is 2.18. The SMILES string of the molecule is O=C(NCC1CCCCC1)c1ccc2ncc(NS(=O)(=O)c3ccccc3)c(=O)n2c1. The van der Waals surface area contributed by atoms with Gasteiger partial charge in [0.25, 0.3) is 21.5 Å². The van der Waals surface area contributed by atoms with E-state index in [1.807, 2.05) is 0 Å². The van der Waals surface area contributed by atoms with E-state index in [2.05, 4.69) is 15.0 Å². The lowest BCUT2D eigenvalue weighted by Crippen LogP contribution is -2.31. The molecule has 0 bridgehead atoms. The predicted octanol–water partition coefficient (Wildman–Crippen LogP) is 2.81. The van der Waals surface area contributed by atoms with Crippen molar-refractivity contribution < 1.29 is 13.2 Å². The molecule has 4 rings (SSSR count). The van der Waals surface area contributed by atoms with E-state index in [0.29, 0.717) is 23.7 Å². The van der Waals surface area contributed by atoms with Crippen LogP contribution in [0.1, 0.15) is 42.5 Å². The van der Waals surface area contributed by atoms with E-state index >= 15 is 0 Å². The van der Waals surface area contributed by atoms with Gasteiger partial charge in [-0.1, -0.05) is 37.5 Å². The van der Waals surface area contributed by atoms with Gasteiger partial charge in [0.05, 0.1) is 16.7 Å². The van der Waals surface area contributed by atoms with Crippen molar-refractivity contribution in [1.82, 2.24) is 14.7 Å². The normalized spacial score (nSPS) is 15.0. The summed E-state index contributed by atoms with van der Waals surface area (Å²) in [5.41, 5.74) is -0.167. The zero-order valence-electron chi connectivity index (χ0n) is 17.0. The molecule has 2 aromatic heterocycles. The molecule has 0 saturated heterocycles. The van der Waals surface area contributed by atoms with E-state index in [1.54, 1.807) is 30.3 Å². The Morgan fingerprint density at radius 2 is 1.81 bits per heavy atom. The molecule has 0 aliphatic heterocycles. The molecule has 0 spiro atoms. The van der Waals surface area contributed by atoms with E-state index < -0.39 is 15.6 Å². The number of anilines is 1. The van der Waals surface area contributed by atoms with E-state index in [-0.39, 0.29) is 16.5 Å². The van der Waals surface area contributed by atoms with Gasteiger partial charge in [-0.3, -0.25) is 18.7 Å². The van der Waals surface area contributed by atoms with Crippen LogP contribution in [-0.2, 0) is 10.0 Å². The number of rotatable bonds is 6. The van der Waals surface area contributed by atoms with Crippen LogP contribution in [0.4, 0.5) is 5.69 Å². The molecular weight excluding hydrogens is 416 g/mol. The molecule has 1 aromatic carbocycles. The van der Waals surface area contributed by atoms with Crippen LogP contribution < -0.4 is 15.6 Å². The summed E-state index contributed by atoms with van der Waals surface area (Å²) in [4.78, 5) is 29.6. The Balaban J connectivity index is 1.57. The van der Waals surface area contributed by atoms with E-state index in [0.717, 1.165) is 12.8 Å². The molecule has 1 fully saturated rings. The van der Waals surface area contributed by atoms with Gasteiger partial charge in [-0.2, -0.15) is 0 Å². The summed E-state index contributed by atoms with van der Waals surface area (Å²) >= 11 is 0. The first-order valence-corrected chi connectivity index (χ1v) is 11.8. The third-order valence-electron chi connectivity index (χ3n) is 5.54. The molecule has 9 heteroatoms. The molecule has 0 radical (unpaired) electrons. The third kappa shape index (κ3) is 4.77. The maximum atomic E-state index is 12.9. The summed E-state index contributed by atoms with van der Waals surface area (Å²) in [6.07, 6.45) is 8.45. The summed E-state index contributed by atoms with van der Waals surface area (Å²) < 4.78 is 28.6. The molecule has 162 valence electrons. The van der Waals surface area contributed by atoms with E-state index in [1.165, 1.54) is 48.2 Å². The van der Waals surface area contributed by atoms with Crippen LogP contribution in [0.2, 0.25) is 0 Å². The highest BCUT2D eigenvalue weighted by Crippen LogP contribution is 2.22. The maximum absolute atomic E-state index is 12.9. The number of carbonyl (C=O) groups excluding carboxylic acids is 1. The molecule has 8 nitrogen and oxygen atoms in total. The van der Waals surface area contributed by atoms with E-state index in [4.69, 9.17) is 0 Å². The van der Waals surface area contributed by atoms with Crippen molar-refractivity contribution in [3.8, 4) is 0 Å². The summed E-state index contributed by atoms with van der Waals surface area (Å²) in [5, 5.41) is 2.94. The standard InChI is InChI=1S/C22H24N4O4S/c27-21(24-13-16-7-3-1-4-8-16)17-11-12-20-23-14-19(22(28)26(20)15-17)25-31(29,30)18-9-5-2-6-10-18/h2,5-6,9-12,14-16,25H,1,3-4,7-8,13H2,(H,24,27). The number of fused-ring (bicyclic) bond motifs is 1. The second kappa shape index (κ2) is 8.89. The Kier molecular flexibility index (Phi) is 6.03. The summed E-state index contributed by atoms with van der Waals surface area (Å²) in [5.74, 6) is 0.219. The number of hydrogen-bond donors (Lipinski definition) is 2. The van der Waals surface area contributed by atoms with Crippen LogP contribution in [0, 0.1) is 5.92 Å². The quantitative estimate of drug-likeness (QED) is 0.613. The fourth-order valence-corrected chi connectivity index (χ4v) is 4.88. The minimum Gasteiger partial charge on any atom is -0.352 e. The molecule has 0 atom stereocenters. The number of pyridine rings is 1. The number of sulfonamides is 1. The van der Waals surface area contributed by atoms with Gasteiger partial charge in [0.1, 0.15) is 11.3 Å². The molecule has 1 aliphatic rings. The van der Waals surface area contributed by atoms with E-state index in [9.17, 15) is 18.0 Å². The number of aromatic nitrogens is 2. The van der Waals surface area contributed by atoms with Crippen LogP contribution in [0.25, 0.3) is 5.65 Å². The highest BCUT2D eigenvalue weighted by molar-refractivity contribution is 7.92. The van der Waals surface area contributed by atoms with Crippen LogP contribution in [0.3, 0.4) is 0 Å². The van der Waals surface area contributed by atoms with Crippen molar-refractivity contribution in [2.24, 2.45) is 5.92 Å². The van der Waals surface area contributed by atoms with Crippen LogP contribution >= 0.6 is 0 Å². The summed E-state index contributed by atoms with van der Waals surface area (Å²) in [7, 11) is -3.93. The maximum Gasteiger partial charge on any atom is 0.282 e. The second-order valence-corrected chi connectivity index (χ2v) is 9.44. The largest absolute Gasteiger partial charge is 0.352 e. The van der Waals surface area contributed by atoms with Crippen molar-refractivity contribution in [1.29, 1.82) is 0 Å². The topological polar surface area (TPSA) is 110 Å². The number of nitrogens with one attached hydrogen (secondary N) is 2. The number of benzene rings is 1. The molecule has 1 aliphatic carbocycles. The minimum atomic E-state index is -3.93. The number of carbonyl (C=O) groups is 1. The van der Waals surface area contributed by atoms with Crippen LogP contribution in [0.5, 0.6) is 0 Å². The lowest BCUT2D eigenvalue weighted by Gasteiger charge is -2.21. The molecule has 2 N–H and O–H groups in total. The Labute approximate surface area is 180 Å². The zero-order chi connectivity index (χ0) is 21.8. The fourth-order valence-electron chi connectivity index (χ4n) is 3.81. The Bertz CT molecular complexity index is 1250. The lowest BCUT2D eigenvalue weighted by molar-refractivity contribution is 0.0943. The molecule has 1 saturated carbocycles. The average Bonchev–Trinajstić information content (AvgIpc) is 2.80. The number of nitrogens with zero attached hydrogens (tertiary/aromatic N) is 2. The van der Waals surface area contributed by atoms with Crippen LogP contribution in [-0.4, -0.2) is 30.3 Å². The minimum absolute atomic E-state index is 0.0374. The molecule has 1 amide bonds. The Morgan fingerprint density at radius 1 is 1.06 bits per heavy atom. The van der Waals surface area contributed by atoms with Gasteiger partial charge >= 0.3 is 0 Å². The van der Waals surface area contributed by atoms with Gasteiger partial charge in [0, 0.05) is 12.7 Å². The van der Waals surface area contributed by atoms with Gasteiger partial charge in [0.2, 0.25) is 0 Å².